The van der Waals surface area contributed by atoms with Gasteiger partial charge in [0.15, 0.2) is 5.82 Å². The van der Waals surface area contributed by atoms with E-state index in [4.69, 9.17) is 15.2 Å². The van der Waals surface area contributed by atoms with Crippen LogP contribution in [0.25, 0.3) is 0 Å². The quantitative estimate of drug-likeness (QED) is 0.648. The number of rotatable bonds is 5. The fourth-order valence-electron chi connectivity index (χ4n) is 1.02. The van der Waals surface area contributed by atoms with E-state index in [0.717, 1.165) is 0 Å². The molecule has 1 aromatic rings. The van der Waals surface area contributed by atoms with Crippen molar-refractivity contribution in [2.24, 2.45) is 5.73 Å². The Morgan fingerprint density at radius 3 is 2.93 bits per heavy atom. The SMILES string of the molecule is CCOC(=O)c1n[nH]c(C(CN)OC)n1. The van der Waals surface area contributed by atoms with E-state index in [9.17, 15) is 4.79 Å². The number of nitrogens with zero attached hydrogens (tertiary/aromatic N) is 2. The molecule has 0 spiro atoms. The first kappa shape index (κ1) is 11.6. The van der Waals surface area contributed by atoms with Gasteiger partial charge in [-0.15, -0.1) is 5.10 Å². The molecule has 0 bridgehead atoms. The van der Waals surface area contributed by atoms with Gasteiger partial charge in [0.2, 0.25) is 0 Å². The number of aromatic nitrogens is 3. The number of hydrogen-bond donors (Lipinski definition) is 2. The van der Waals surface area contributed by atoms with Gasteiger partial charge in [-0.25, -0.2) is 9.78 Å². The topological polar surface area (TPSA) is 103 Å². The molecule has 0 saturated heterocycles. The number of H-pyrrole nitrogens is 1. The summed E-state index contributed by atoms with van der Waals surface area (Å²) in [6.45, 7) is 2.25. The van der Waals surface area contributed by atoms with Crippen LogP contribution in [-0.2, 0) is 9.47 Å². The first-order valence-corrected chi connectivity index (χ1v) is 4.55. The zero-order valence-corrected chi connectivity index (χ0v) is 8.69. The summed E-state index contributed by atoms with van der Waals surface area (Å²) in [6.07, 6.45) is -0.388. The van der Waals surface area contributed by atoms with E-state index in [1.807, 2.05) is 0 Å². The van der Waals surface area contributed by atoms with Crippen molar-refractivity contribution in [1.29, 1.82) is 0 Å². The summed E-state index contributed by atoms with van der Waals surface area (Å²) >= 11 is 0. The van der Waals surface area contributed by atoms with Gasteiger partial charge in [0.1, 0.15) is 6.10 Å². The summed E-state index contributed by atoms with van der Waals surface area (Å²) in [5, 5.41) is 6.29. The number of ether oxygens (including phenoxy) is 2. The monoisotopic (exact) mass is 214 g/mol. The molecule has 0 amide bonds. The Kier molecular flexibility index (Phi) is 4.19. The molecule has 0 radical (unpaired) electrons. The van der Waals surface area contributed by atoms with Crippen molar-refractivity contribution in [3.05, 3.63) is 11.6 Å². The number of carbonyl (C=O) groups is 1. The van der Waals surface area contributed by atoms with Crippen molar-refractivity contribution in [3.8, 4) is 0 Å². The van der Waals surface area contributed by atoms with Gasteiger partial charge in [-0.2, -0.15) is 0 Å². The third kappa shape index (κ3) is 2.74. The fourth-order valence-corrected chi connectivity index (χ4v) is 1.02. The first-order valence-electron chi connectivity index (χ1n) is 4.55. The number of methoxy groups -OCH3 is 1. The Morgan fingerprint density at radius 1 is 1.67 bits per heavy atom. The van der Waals surface area contributed by atoms with Crippen LogP contribution in [-0.4, -0.2) is 41.4 Å². The third-order valence-electron chi connectivity index (χ3n) is 1.76. The molecule has 0 aliphatic heterocycles. The lowest BCUT2D eigenvalue weighted by molar-refractivity contribution is 0.0511. The van der Waals surface area contributed by atoms with E-state index in [1.54, 1.807) is 6.92 Å². The van der Waals surface area contributed by atoms with Gasteiger partial charge in [-0.3, -0.25) is 5.10 Å². The normalized spacial score (nSPS) is 12.5. The lowest BCUT2D eigenvalue weighted by atomic mass is 10.3. The van der Waals surface area contributed by atoms with Gasteiger partial charge in [-0.1, -0.05) is 0 Å². The van der Waals surface area contributed by atoms with Crippen LogP contribution in [0.1, 0.15) is 29.5 Å². The van der Waals surface area contributed by atoms with Crippen molar-refractivity contribution in [2.75, 3.05) is 20.3 Å². The average Bonchev–Trinajstić information content (AvgIpc) is 2.69. The highest BCUT2D eigenvalue weighted by Gasteiger charge is 2.18. The lowest BCUT2D eigenvalue weighted by Crippen LogP contribution is -2.15. The van der Waals surface area contributed by atoms with Gasteiger partial charge in [0.25, 0.3) is 5.82 Å². The summed E-state index contributed by atoms with van der Waals surface area (Å²) in [5.74, 6) is -0.155. The first-order chi connectivity index (χ1) is 7.22. The van der Waals surface area contributed by atoms with Gasteiger partial charge in [0, 0.05) is 13.7 Å². The standard InChI is InChI=1S/C8H14N4O3/c1-3-15-8(13)7-10-6(11-12-7)5(4-9)14-2/h5H,3-4,9H2,1-2H3,(H,10,11,12). The summed E-state index contributed by atoms with van der Waals surface area (Å²) < 4.78 is 9.76. The van der Waals surface area contributed by atoms with E-state index in [0.29, 0.717) is 5.82 Å². The molecular formula is C8H14N4O3. The maximum atomic E-state index is 11.2. The van der Waals surface area contributed by atoms with Crippen LogP contribution in [0.2, 0.25) is 0 Å². The number of hydrogen-bond acceptors (Lipinski definition) is 6. The van der Waals surface area contributed by atoms with Crippen LogP contribution in [0.5, 0.6) is 0 Å². The summed E-state index contributed by atoms with van der Waals surface area (Å²) in [6, 6.07) is 0. The van der Waals surface area contributed by atoms with E-state index in [-0.39, 0.29) is 25.1 Å². The molecule has 0 fully saturated rings. The highest BCUT2D eigenvalue weighted by Crippen LogP contribution is 2.09. The Bertz CT molecular complexity index is 321. The van der Waals surface area contributed by atoms with Crippen LogP contribution < -0.4 is 5.73 Å². The van der Waals surface area contributed by atoms with Gasteiger partial charge in [-0.05, 0) is 6.92 Å². The van der Waals surface area contributed by atoms with Crippen LogP contribution in [0.4, 0.5) is 0 Å². The minimum absolute atomic E-state index is 0.0117. The van der Waals surface area contributed by atoms with Crippen LogP contribution in [0, 0.1) is 0 Å². The molecule has 84 valence electrons. The molecule has 7 heteroatoms. The highest BCUT2D eigenvalue weighted by molar-refractivity contribution is 5.84. The second-order valence-electron chi connectivity index (χ2n) is 2.72. The lowest BCUT2D eigenvalue weighted by Gasteiger charge is -2.07. The second-order valence-corrected chi connectivity index (χ2v) is 2.72. The largest absolute Gasteiger partial charge is 0.460 e. The van der Waals surface area contributed by atoms with E-state index in [1.165, 1.54) is 7.11 Å². The predicted octanol–water partition coefficient (Wildman–Crippen LogP) is -0.372. The summed E-state index contributed by atoms with van der Waals surface area (Å²) in [5.41, 5.74) is 5.43. The van der Waals surface area contributed by atoms with Crippen molar-refractivity contribution >= 4 is 5.97 Å². The number of nitrogens with one attached hydrogen (secondary N) is 1. The van der Waals surface area contributed by atoms with Gasteiger partial charge in [0.05, 0.1) is 6.61 Å². The maximum absolute atomic E-state index is 11.2. The van der Waals surface area contributed by atoms with Crippen molar-refractivity contribution in [1.82, 2.24) is 15.2 Å². The molecule has 15 heavy (non-hydrogen) atoms. The third-order valence-corrected chi connectivity index (χ3v) is 1.76. The second kappa shape index (κ2) is 5.42. The molecule has 1 unspecified atom stereocenters. The van der Waals surface area contributed by atoms with Crippen LogP contribution in [0.15, 0.2) is 0 Å². The van der Waals surface area contributed by atoms with E-state index >= 15 is 0 Å². The molecule has 1 rings (SSSR count). The molecule has 1 heterocycles. The smallest absolute Gasteiger partial charge is 0.378 e. The molecule has 0 aliphatic carbocycles. The summed E-state index contributed by atoms with van der Waals surface area (Å²) in [4.78, 5) is 15.1. The molecule has 1 atom stereocenters. The number of aromatic amines is 1. The Balaban J connectivity index is 2.75. The molecule has 0 aliphatic rings. The minimum Gasteiger partial charge on any atom is -0.460 e. The maximum Gasteiger partial charge on any atom is 0.378 e. The predicted molar refractivity (Wildman–Crippen MR) is 51.1 cm³/mol. The van der Waals surface area contributed by atoms with Gasteiger partial charge >= 0.3 is 5.97 Å². The molecular weight excluding hydrogens is 200 g/mol. The highest BCUT2D eigenvalue weighted by atomic mass is 16.5. The van der Waals surface area contributed by atoms with Crippen molar-refractivity contribution < 1.29 is 14.3 Å². The Labute approximate surface area is 87.0 Å². The Morgan fingerprint density at radius 2 is 2.40 bits per heavy atom. The molecule has 0 aromatic carbocycles. The average molecular weight is 214 g/mol. The van der Waals surface area contributed by atoms with Crippen LogP contribution >= 0.6 is 0 Å². The zero-order valence-electron chi connectivity index (χ0n) is 8.69. The summed E-state index contributed by atoms with van der Waals surface area (Å²) in [7, 11) is 1.50. The number of nitrogens with two attached hydrogens (primary N) is 1. The Hall–Kier alpha value is -1.47. The van der Waals surface area contributed by atoms with E-state index in [2.05, 4.69) is 15.2 Å². The number of esters is 1. The van der Waals surface area contributed by atoms with Crippen LogP contribution in [0.3, 0.4) is 0 Å². The molecule has 0 saturated carbocycles. The zero-order chi connectivity index (χ0) is 11.3. The minimum atomic E-state index is -0.563. The van der Waals surface area contributed by atoms with Crippen molar-refractivity contribution in [3.63, 3.8) is 0 Å². The molecule has 3 N–H and O–H groups in total. The fraction of sp³-hybridized carbons (Fsp3) is 0.625. The van der Waals surface area contributed by atoms with Crippen molar-refractivity contribution in [2.45, 2.75) is 13.0 Å². The molecule has 7 nitrogen and oxygen atoms in total. The van der Waals surface area contributed by atoms with E-state index < -0.39 is 5.97 Å². The van der Waals surface area contributed by atoms with Gasteiger partial charge < -0.3 is 15.2 Å². The number of carbonyl (C=O) groups excluding carboxylic acids is 1. The molecule has 1 aromatic heterocycles.